The number of phenolic OH excluding ortho intramolecular Hbond substituents is 1. The molecule has 2 aliphatic heterocycles. The molecule has 0 bridgehead atoms. The fourth-order valence-corrected chi connectivity index (χ4v) is 6.71. The highest BCUT2D eigenvalue weighted by molar-refractivity contribution is 7.89. The second-order valence-electron chi connectivity index (χ2n) is 10.4. The van der Waals surface area contributed by atoms with E-state index in [1.807, 2.05) is 4.90 Å². The van der Waals surface area contributed by atoms with E-state index in [0.29, 0.717) is 51.0 Å². The first-order chi connectivity index (χ1) is 17.7. The molecule has 5 rings (SSSR count). The van der Waals surface area contributed by atoms with Crippen LogP contribution in [-0.4, -0.2) is 89.3 Å². The van der Waals surface area contributed by atoms with Crippen LogP contribution in [0.3, 0.4) is 0 Å². The number of ether oxygens (including phenoxy) is 1. The van der Waals surface area contributed by atoms with Crippen LogP contribution >= 0.6 is 0 Å². The third kappa shape index (κ3) is 5.45. The van der Waals surface area contributed by atoms with Crippen LogP contribution < -0.4 is 9.64 Å². The van der Waals surface area contributed by atoms with E-state index >= 15 is 0 Å². The monoisotopic (exact) mass is 531 g/mol. The van der Waals surface area contributed by atoms with E-state index in [1.54, 1.807) is 17.3 Å². The minimum Gasteiger partial charge on any atom is -0.508 e. The number of benzene rings is 1. The molecule has 0 spiro atoms. The summed E-state index contributed by atoms with van der Waals surface area (Å²) < 4.78 is 33.1. The molecule has 0 radical (unpaired) electrons. The third-order valence-electron chi connectivity index (χ3n) is 7.92. The number of aromatic hydroxyl groups is 1. The summed E-state index contributed by atoms with van der Waals surface area (Å²) in [5.74, 6) is 1.37. The van der Waals surface area contributed by atoms with Gasteiger partial charge in [0.2, 0.25) is 15.9 Å². The van der Waals surface area contributed by atoms with Crippen LogP contribution in [0.15, 0.2) is 41.6 Å². The standard InChI is InChI=1S/C25H33N5O6S/c1-25(7-8-25)21-14-18(6-9-30(21)24(32)33)17-36-23-16-26-22(15-27-23)28-10-12-29(13-11-28)37(34,35)20-4-2-19(31)3-5-20/h2-5,15-16,18,21,31H,6-14,17H2,1H3,(H,32,33). The number of hydrogen-bond donors (Lipinski definition) is 2. The Kier molecular flexibility index (Phi) is 6.88. The molecule has 1 aromatic heterocycles. The van der Waals surface area contributed by atoms with E-state index in [2.05, 4.69) is 16.9 Å². The number of nitrogens with zero attached hydrogens (tertiary/aromatic N) is 5. The molecule has 11 nitrogen and oxygen atoms in total. The summed E-state index contributed by atoms with van der Waals surface area (Å²) >= 11 is 0. The number of likely N-dealkylation sites (tertiary alicyclic amines) is 1. The summed E-state index contributed by atoms with van der Waals surface area (Å²) in [7, 11) is -3.62. The fraction of sp³-hybridized carbons (Fsp3) is 0.560. The Morgan fingerprint density at radius 1 is 1.08 bits per heavy atom. The maximum absolute atomic E-state index is 12.9. The van der Waals surface area contributed by atoms with Crippen molar-refractivity contribution in [3.8, 4) is 11.6 Å². The van der Waals surface area contributed by atoms with Gasteiger partial charge >= 0.3 is 6.09 Å². The molecule has 12 heteroatoms. The smallest absolute Gasteiger partial charge is 0.407 e. The molecule has 2 unspecified atom stereocenters. The van der Waals surface area contributed by atoms with E-state index in [0.717, 1.165) is 25.7 Å². The Morgan fingerprint density at radius 3 is 2.38 bits per heavy atom. The Morgan fingerprint density at radius 2 is 1.78 bits per heavy atom. The highest BCUT2D eigenvalue weighted by Gasteiger charge is 2.50. The molecule has 3 fully saturated rings. The van der Waals surface area contributed by atoms with Crippen LogP contribution in [0.5, 0.6) is 11.6 Å². The number of anilines is 1. The van der Waals surface area contributed by atoms with Crippen molar-refractivity contribution in [1.29, 1.82) is 0 Å². The molecular weight excluding hydrogens is 498 g/mol. The lowest BCUT2D eigenvalue weighted by atomic mass is 9.83. The normalized spacial score (nSPS) is 24.0. The van der Waals surface area contributed by atoms with Gasteiger partial charge in [-0.05, 0) is 61.3 Å². The number of carboxylic acid groups (broad SMARTS) is 1. The van der Waals surface area contributed by atoms with Crippen LogP contribution in [0, 0.1) is 11.3 Å². The van der Waals surface area contributed by atoms with Crippen molar-refractivity contribution >= 4 is 21.9 Å². The Labute approximate surface area is 216 Å². The molecule has 200 valence electrons. The summed E-state index contributed by atoms with van der Waals surface area (Å²) in [6.45, 7) is 4.77. The zero-order chi connectivity index (χ0) is 26.2. The summed E-state index contributed by atoms with van der Waals surface area (Å²) in [5.41, 5.74) is 0.0892. The largest absolute Gasteiger partial charge is 0.508 e. The van der Waals surface area contributed by atoms with Gasteiger partial charge in [0.25, 0.3) is 0 Å². The molecule has 1 aromatic carbocycles. The van der Waals surface area contributed by atoms with Gasteiger partial charge in [-0.2, -0.15) is 4.31 Å². The minimum atomic E-state index is -3.62. The molecule has 3 aliphatic rings. The first-order valence-electron chi connectivity index (χ1n) is 12.6. The molecule has 37 heavy (non-hydrogen) atoms. The number of amides is 1. The van der Waals surface area contributed by atoms with Gasteiger partial charge in [0.15, 0.2) is 0 Å². The average Bonchev–Trinajstić information content (AvgIpc) is 3.66. The van der Waals surface area contributed by atoms with Crippen molar-refractivity contribution in [2.75, 3.05) is 44.2 Å². The Bertz CT molecular complexity index is 1210. The Hall–Kier alpha value is -3.12. The maximum Gasteiger partial charge on any atom is 0.407 e. The maximum atomic E-state index is 12.9. The van der Waals surface area contributed by atoms with Crippen LogP contribution in [0.25, 0.3) is 0 Å². The van der Waals surface area contributed by atoms with E-state index < -0.39 is 16.1 Å². The van der Waals surface area contributed by atoms with E-state index in [-0.39, 0.29) is 28.0 Å². The fourth-order valence-electron chi connectivity index (χ4n) is 5.28. The van der Waals surface area contributed by atoms with E-state index in [1.165, 1.54) is 28.6 Å². The van der Waals surface area contributed by atoms with Crippen molar-refractivity contribution in [1.82, 2.24) is 19.2 Å². The first kappa shape index (κ1) is 25.5. The number of rotatable bonds is 7. The number of carbonyl (C=O) groups is 1. The van der Waals surface area contributed by atoms with E-state index in [9.17, 15) is 23.4 Å². The van der Waals surface area contributed by atoms with Gasteiger partial charge in [-0.3, -0.25) is 0 Å². The van der Waals surface area contributed by atoms with Crippen molar-refractivity contribution in [2.24, 2.45) is 11.3 Å². The zero-order valence-corrected chi connectivity index (χ0v) is 21.7. The van der Waals surface area contributed by atoms with Crippen LogP contribution in [0.1, 0.15) is 32.6 Å². The molecule has 2 aromatic rings. The lowest BCUT2D eigenvalue weighted by molar-refractivity contribution is 0.0483. The van der Waals surface area contributed by atoms with Gasteiger partial charge < -0.3 is 24.7 Å². The van der Waals surface area contributed by atoms with Crippen LogP contribution in [0.4, 0.5) is 10.6 Å². The van der Waals surface area contributed by atoms with Crippen molar-refractivity contribution in [2.45, 2.75) is 43.5 Å². The number of aromatic nitrogens is 2. The molecule has 1 aliphatic carbocycles. The summed E-state index contributed by atoms with van der Waals surface area (Å²) in [5, 5.41) is 19.0. The highest BCUT2D eigenvalue weighted by atomic mass is 32.2. The van der Waals surface area contributed by atoms with Crippen molar-refractivity contribution < 1.29 is 28.2 Å². The lowest BCUT2D eigenvalue weighted by Gasteiger charge is -2.41. The minimum absolute atomic E-state index is 0.0233. The molecule has 2 atom stereocenters. The molecular formula is C25H33N5O6S. The van der Waals surface area contributed by atoms with Gasteiger partial charge in [-0.1, -0.05) is 6.92 Å². The van der Waals surface area contributed by atoms with Crippen molar-refractivity contribution in [3.05, 3.63) is 36.7 Å². The van der Waals surface area contributed by atoms with Gasteiger partial charge in [-0.25, -0.2) is 23.2 Å². The van der Waals surface area contributed by atoms with Gasteiger partial charge in [0.1, 0.15) is 11.6 Å². The summed E-state index contributed by atoms with van der Waals surface area (Å²) in [6.07, 6.45) is 6.09. The molecule has 3 heterocycles. The number of sulfonamides is 1. The predicted molar refractivity (Wildman–Crippen MR) is 135 cm³/mol. The third-order valence-corrected chi connectivity index (χ3v) is 9.83. The second-order valence-corrected chi connectivity index (χ2v) is 12.4. The topological polar surface area (TPSA) is 136 Å². The molecule has 1 saturated carbocycles. The molecule has 2 saturated heterocycles. The average molecular weight is 532 g/mol. The first-order valence-corrected chi connectivity index (χ1v) is 14.1. The molecule has 1 amide bonds. The highest BCUT2D eigenvalue weighted by Crippen LogP contribution is 2.53. The Balaban J connectivity index is 1.12. The predicted octanol–water partition coefficient (Wildman–Crippen LogP) is 2.63. The van der Waals surface area contributed by atoms with Crippen molar-refractivity contribution in [3.63, 3.8) is 0 Å². The number of hydrogen-bond acceptors (Lipinski definition) is 8. The van der Waals surface area contributed by atoms with Crippen LogP contribution in [0.2, 0.25) is 0 Å². The number of phenols is 1. The summed E-state index contributed by atoms with van der Waals surface area (Å²) in [4.78, 5) is 24.3. The lowest BCUT2D eigenvalue weighted by Crippen LogP contribution is -2.50. The quantitative estimate of drug-likeness (QED) is 0.552. The van der Waals surface area contributed by atoms with Gasteiger partial charge in [-0.15, -0.1) is 0 Å². The number of piperidine rings is 1. The van der Waals surface area contributed by atoms with Gasteiger partial charge in [0, 0.05) is 38.8 Å². The number of piperazine rings is 1. The SMILES string of the molecule is CC1(C2CC(COc3cnc(N4CCN(S(=O)(=O)c5ccc(O)cc5)CC4)cn3)CCN2C(=O)O)CC1. The molecule has 2 N–H and O–H groups in total. The summed E-state index contributed by atoms with van der Waals surface area (Å²) in [6, 6.07) is 5.59. The van der Waals surface area contributed by atoms with Crippen LogP contribution in [-0.2, 0) is 10.0 Å². The zero-order valence-electron chi connectivity index (χ0n) is 20.9. The second kappa shape index (κ2) is 9.97. The van der Waals surface area contributed by atoms with Gasteiger partial charge in [0.05, 0.1) is 23.9 Å². The van der Waals surface area contributed by atoms with E-state index in [4.69, 9.17) is 4.74 Å².